The number of pyridine rings is 1. The summed E-state index contributed by atoms with van der Waals surface area (Å²) in [5.41, 5.74) is 2.73. The summed E-state index contributed by atoms with van der Waals surface area (Å²) >= 11 is 0. The lowest BCUT2D eigenvalue weighted by Gasteiger charge is -2.26. The predicted octanol–water partition coefficient (Wildman–Crippen LogP) is 1.89. The number of hydrogen-bond donors (Lipinski definition) is 2. The van der Waals surface area contributed by atoms with E-state index in [1.807, 2.05) is 12.3 Å². The molecule has 144 valence electrons. The highest BCUT2D eigenvalue weighted by atomic mass is 32.2. The van der Waals surface area contributed by atoms with E-state index in [1.54, 1.807) is 6.20 Å². The van der Waals surface area contributed by atoms with Crippen molar-refractivity contribution in [3.05, 3.63) is 24.3 Å². The monoisotopic (exact) mass is 389 g/mol. The third-order valence-electron chi connectivity index (χ3n) is 5.42. The van der Waals surface area contributed by atoms with Crippen LogP contribution in [0.15, 0.2) is 18.5 Å². The average Bonchev–Trinajstić information content (AvgIpc) is 3.32. The predicted molar refractivity (Wildman–Crippen MR) is 102 cm³/mol. The summed E-state index contributed by atoms with van der Waals surface area (Å²) < 4.78 is 34.9. The molecular weight excluding hydrogens is 366 g/mol. The van der Waals surface area contributed by atoms with E-state index in [1.165, 1.54) is 0 Å². The summed E-state index contributed by atoms with van der Waals surface area (Å²) in [6.07, 6.45) is 7.79. The maximum atomic E-state index is 12.1. The highest BCUT2D eigenvalue weighted by Crippen LogP contribution is 2.31. The van der Waals surface area contributed by atoms with Gasteiger partial charge in [0.1, 0.15) is 17.0 Å². The van der Waals surface area contributed by atoms with Crippen LogP contribution in [0.3, 0.4) is 0 Å². The zero-order valence-corrected chi connectivity index (χ0v) is 15.8. The summed E-state index contributed by atoms with van der Waals surface area (Å²) in [5.74, 6) is 0.884. The molecule has 1 saturated carbocycles. The topological polar surface area (TPSA) is 102 Å². The Labute approximate surface area is 157 Å². The fraction of sp³-hybridized carbons (Fsp3) is 0.556. The Bertz CT molecular complexity index is 1080. The molecular formula is C18H23N5O3S. The van der Waals surface area contributed by atoms with Gasteiger partial charge >= 0.3 is 0 Å². The molecule has 27 heavy (non-hydrogen) atoms. The molecule has 3 aromatic rings. The van der Waals surface area contributed by atoms with Crippen LogP contribution in [0.2, 0.25) is 0 Å². The number of sulfonamides is 1. The van der Waals surface area contributed by atoms with Crippen molar-refractivity contribution >= 4 is 32.1 Å². The van der Waals surface area contributed by atoms with Crippen molar-refractivity contribution in [1.82, 2.24) is 24.2 Å². The van der Waals surface area contributed by atoms with Crippen molar-refractivity contribution in [1.29, 1.82) is 0 Å². The van der Waals surface area contributed by atoms with Gasteiger partial charge in [-0.15, -0.1) is 0 Å². The van der Waals surface area contributed by atoms with Crippen LogP contribution in [0.5, 0.6) is 0 Å². The van der Waals surface area contributed by atoms with E-state index < -0.39 is 10.0 Å². The molecule has 0 unspecified atom stereocenters. The standard InChI is InChI=1S/C18H23N5O3S/c24-27(25,13-3-4-13)21-8-6-16-22-15-10-20-18-14(5-7-19-18)17(15)23(16)12-2-1-9-26-11-12/h5,7,10,12-13,21H,1-4,6,8-9,11H2,(H,19,20)/t12-/m0/s1. The molecule has 2 fully saturated rings. The lowest BCUT2D eigenvalue weighted by Crippen LogP contribution is -2.30. The van der Waals surface area contributed by atoms with Crippen molar-refractivity contribution in [3.63, 3.8) is 0 Å². The number of imidazole rings is 1. The first-order valence-corrected chi connectivity index (χ1v) is 11.1. The molecule has 2 aliphatic rings. The van der Waals surface area contributed by atoms with Crippen LogP contribution < -0.4 is 4.72 Å². The summed E-state index contributed by atoms with van der Waals surface area (Å²) in [5, 5.41) is 0.835. The number of fused-ring (bicyclic) bond motifs is 3. The molecule has 2 N–H and O–H groups in total. The first kappa shape index (κ1) is 17.2. The van der Waals surface area contributed by atoms with E-state index in [-0.39, 0.29) is 11.3 Å². The minimum Gasteiger partial charge on any atom is -0.379 e. The van der Waals surface area contributed by atoms with Gasteiger partial charge in [0.15, 0.2) is 0 Å². The van der Waals surface area contributed by atoms with Gasteiger partial charge in [-0.25, -0.2) is 23.1 Å². The zero-order valence-electron chi connectivity index (χ0n) is 15.0. The minimum absolute atomic E-state index is 0.202. The summed E-state index contributed by atoms with van der Waals surface area (Å²) in [4.78, 5) is 12.4. The number of hydrogen-bond acceptors (Lipinski definition) is 5. The maximum Gasteiger partial charge on any atom is 0.214 e. The SMILES string of the molecule is O=S(=O)(NCCc1nc2cnc3[nH]ccc3c2n1[C@H]1CCCOC1)C1CC1. The fourth-order valence-electron chi connectivity index (χ4n) is 3.94. The van der Waals surface area contributed by atoms with Gasteiger partial charge in [0, 0.05) is 31.2 Å². The number of aromatic nitrogens is 4. The Morgan fingerprint density at radius 3 is 3.00 bits per heavy atom. The molecule has 9 heteroatoms. The van der Waals surface area contributed by atoms with Crippen molar-refractivity contribution in [3.8, 4) is 0 Å². The van der Waals surface area contributed by atoms with Gasteiger partial charge < -0.3 is 14.3 Å². The number of nitrogens with zero attached hydrogens (tertiary/aromatic N) is 3. The van der Waals surface area contributed by atoms with Gasteiger partial charge in [-0.1, -0.05) is 0 Å². The van der Waals surface area contributed by atoms with Crippen molar-refractivity contribution in [2.45, 2.75) is 43.4 Å². The number of aromatic amines is 1. The molecule has 8 nitrogen and oxygen atoms in total. The van der Waals surface area contributed by atoms with E-state index in [2.05, 4.69) is 19.3 Å². The molecule has 0 amide bonds. The second kappa shape index (κ2) is 6.57. The van der Waals surface area contributed by atoms with E-state index >= 15 is 0 Å². The third-order valence-corrected chi connectivity index (χ3v) is 7.38. The summed E-state index contributed by atoms with van der Waals surface area (Å²) in [6.45, 7) is 1.81. The van der Waals surface area contributed by atoms with Gasteiger partial charge in [-0.2, -0.15) is 0 Å². The second-order valence-corrected chi connectivity index (χ2v) is 9.44. The highest BCUT2D eigenvalue weighted by molar-refractivity contribution is 7.90. The molecule has 1 atom stereocenters. The van der Waals surface area contributed by atoms with Crippen LogP contribution in [-0.4, -0.2) is 52.9 Å². The molecule has 0 radical (unpaired) electrons. The molecule has 3 aromatic heterocycles. The van der Waals surface area contributed by atoms with Gasteiger partial charge in [-0.05, 0) is 31.7 Å². The lowest BCUT2D eigenvalue weighted by atomic mass is 10.1. The summed E-state index contributed by atoms with van der Waals surface area (Å²) in [7, 11) is -3.18. The third kappa shape index (κ3) is 3.13. The van der Waals surface area contributed by atoms with Crippen molar-refractivity contribution in [2.24, 2.45) is 0 Å². The number of nitrogens with one attached hydrogen (secondary N) is 2. The Morgan fingerprint density at radius 2 is 2.22 bits per heavy atom. The normalized spacial score (nSPS) is 21.3. The highest BCUT2D eigenvalue weighted by Gasteiger charge is 2.35. The average molecular weight is 389 g/mol. The Balaban J connectivity index is 1.52. The number of rotatable bonds is 6. The van der Waals surface area contributed by atoms with Crippen LogP contribution in [0.25, 0.3) is 22.1 Å². The number of ether oxygens (including phenoxy) is 1. The largest absolute Gasteiger partial charge is 0.379 e. The smallest absolute Gasteiger partial charge is 0.214 e. The molecule has 5 rings (SSSR count). The van der Waals surface area contributed by atoms with E-state index in [9.17, 15) is 8.42 Å². The van der Waals surface area contributed by atoms with E-state index in [0.717, 1.165) is 60.2 Å². The molecule has 1 aliphatic carbocycles. The first-order chi connectivity index (χ1) is 13.1. The molecule has 1 aliphatic heterocycles. The Kier molecular flexibility index (Phi) is 4.18. The molecule has 0 spiro atoms. The minimum atomic E-state index is -3.18. The van der Waals surface area contributed by atoms with Gasteiger partial charge in [-0.3, -0.25) is 0 Å². The first-order valence-electron chi connectivity index (χ1n) is 9.52. The van der Waals surface area contributed by atoms with Crippen molar-refractivity contribution in [2.75, 3.05) is 19.8 Å². The van der Waals surface area contributed by atoms with Gasteiger partial charge in [0.2, 0.25) is 10.0 Å². The molecule has 1 saturated heterocycles. The molecule has 0 bridgehead atoms. The van der Waals surface area contributed by atoms with Crippen LogP contribution in [0, 0.1) is 0 Å². The Morgan fingerprint density at radius 1 is 1.33 bits per heavy atom. The van der Waals surface area contributed by atoms with Crippen LogP contribution in [0.1, 0.15) is 37.5 Å². The van der Waals surface area contributed by atoms with Crippen LogP contribution in [0.4, 0.5) is 0 Å². The molecule has 0 aromatic carbocycles. The quantitative estimate of drug-likeness (QED) is 0.670. The fourth-order valence-corrected chi connectivity index (χ4v) is 5.32. The summed E-state index contributed by atoms with van der Waals surface area (Å²) in [6, 6.07) is 2.23. The van der Waals surface area contributed by atoms with E-state index in [0.29, 0.717) is 19.6 Å². The van der Waals surface area contributed by atoms with Gasteiger partial charge in [0.25, 0.3) is 0 Å². The number of H-pyrrole nitrogens is 1. The molecule has 4 heterocycles. The Hall–Kier alpha value is -1.97. The van der Waals surface area contributed by atoms with Gasteiger partial charge in [0.05, 0.1) is 29.6 Å². The second-order valence-electron chi connectivity index (χ2n) is 7.39. The van der Waals surface area contributed by atoms with Crippen LogP contribution in [-0.2, 0) is 21.2 Å². The van der Waals surface area contributed by atoms with E-state index in [4.69, 9.17) is 9.72 Å². The lowest BCUT2D eigenvalue weighted by molar-refractivity contribution is 0.0596. The van der Waals surface area contributed by atoms with Crippen molar-refractivity contribution < 1.29 is 13.2 Å². The van der Waals surface area contributed by atoms with Crippen LogP contribution >= 0.6 is 0 Å². The zero-order chi connectivity index (χ0) is 18.4. The maximum absolute atomic E-state index is 12.1.